The van der Waals surface area contributed by atoms with Gasteiger partial charge in [0.25, 0.3) is 5.91 Å². The summed E-state index contributed by atoms with van der Waals surface area (Å²) in [5, 5.41) is 0. The standard InChI is InChI=1S/C30H42F2N6O2/c1-4-38(21(2)3)28(39)24-15-22(31)5-6-25(24)40-26-16-34-20-35-27(26)37-17-29(18-37)11-13-36(14-12-29)19-30(32)9-7-23(33)8-10-30/h5-6,15-16,20-21,23H,4,7-14,17-19,33H2,1-3H3. The number of rotatable bonds is 8. The van der Waals surface area contributed by atoms with Gasteiger partial charge >= 0.3 is 0 Å². The molecule has 0 atom stereocenters. The summed E-state index contributed by atoms with van der Waals surface area (Å²) >= 11 is 0. The van der Waals surface area contributed by atoms with Crippen molar-refractivity contribution in [2.24, 2.45) is 11.1 Å². The molecule has 40 heavy (non-hydrogen) atoms. The summed E-state index contributed by atoms with van der Waals surface area (Å²) in [7, 11) is 0. The van der Waals surface area contributed by atoms with E-state index in [1.54, 1.807) is 11.1 Å². The molecule has 0 bridgehead atoms. The van der Waals surface area contributed by atoms with Gasteiger partial charge < -0.3 is 25.2 Å². The van der Waals surface area contributed by atoms with Crippen molar-refractivity contribution in [1.29, 1.82) is 0 Å². The van der Waals surface area contributed by atoms with Crippen LogP contribution in [0.1, 0.15) is 69.7 Å². The zero-order valence-electron chi connectivity index (χ0n) is 23.9. The third kappa shape index (κ3) is 6.07. The minimum Gasteiger partial charge on any atom is -0.451 e. The largest absolute Gasteiger partial charge is 0.451 e. The predicted molar refractivity (Wildman–Crippen MR) is 151 cm³/mol. The number of hydrogen-bond donors (Lipinski definition) is 1. The highest BCUT2D eigenvalue weighted by molar-refractivity contribution is 5.97. The molecule has 2 aromatic rings. The average Bonchev–Trinajstić information content (AvgIpc) is 2.91. The Morgan fingerprint density at radius 2 is 1.88 bits per heavy atom. The van der Waals surface area contributed by atoms with Crippen LogP contribution in [0.25, 0.3) is 0 Å². The number of anilines is 1. The molecule has 1 amide bonds. The molecule has 3 heterocycles. The molecule has 10 heteroatoms. The highest BCUT2D eigenvalue weighted by Gasteiger charge is 2.47. The Balaban J connectivity index is 1.23. The number of alkyl halides is 1. The first kappa shape index (κ1) is 28.7. The number of ether oxygens (including phenoxy) is 1. The van der Waals surface area contributed by atoms with Crippen molar-refractivity contribution < 1.29 is 18.3 Å². The maximum Gasteiger partial charge on any atom is 0.257 e. The average molecular weight is 557 g/mol. The van der Waals surface area contributed by atoms with E-state index in [-0.39, 0.29) is 34.7 Å². The number of likely N-dealkylation sites (tertiary alicyclic amines) is 1. The van der Waals surface area contributed by atoms with Crippen LogP contribution in [0.15, 0.2) is 30.7 Å². The van der Waals surface area contributed by atoms with Gasteiger partial charge in [-0.25, -0.2) is 18.7 Å². The van der Waals surface area contributed by atoms with Gasteiger partial charge in [-0.05, 0) is 90.6 Å². The number of aromatic nitrogens is 2. The Kier molecular flexibility index (Phi) is 8.29. The number of hydrogen-bond acceptors (Lipinski definition) is 7. The number of piperidine rings is 1. The highest BCUT2D eigenvalue weighted by atomic mass is 19.1. The Labute approximate surface area is 235 Å². The van der Waals surface area contributed by atoms with Gasteiger partial charge in [0.15, 0.2) is 11.6 Å². The summed E-state index contributed by atoms with van der Waals surface area (Å²) in [6.07, 6.45) is 7.78. The van der Waals surface area contributed by atoms with Crippen molar-refractivity contribution >= 4 is 11.7 Å². The third-order valence-electron chi connectivity index (χ3n) is 8.98. The molecule has 0 radical (unpaired) electrons. The quantitative estimate of drug-likeness (QED) is 0.500. The molecular formula is C30H42F2N6O2. The molecule has 3 aliphatic rings. The van der Waals surface area contributed by atoms with Gasteiger partial charge in [0, 0.05) is 43.7 Å². The van der Waals surface area contributed by atoms with Crippen LogP contribution in [0.3, 0.4) is 0 Å². The van der Waals surface area contributed by atoms with Crippen LogP contribution in [0.5, 0.6) is 11.5 Å². The fourth-order valence-corrected chi connectivity index (χ4v) is 6.53. The van der Waals surface area contributed by atoms with Crippen molar-refractivity contribution in [3.8, 4) is 11.5 Å². The van der Waals surface area contributed by atoms with Gasteiger partial charge in [-0.3, -0.25) is 4.79 Å². The number of amides is 1. The highest BCUT2D eigenvalue weighted by Crippen LogP contribution is 2.45. The number of carbonyl (C=O) groups excluding carboxylic acids is 1. The van der Waals surface area contributed by atoms with Crippen molar-refractivity contribution in [3.05, 3.63) is 42.1 Å². The number of halogens is 2. The fraction of sp³-hybridized carbons (Fsp3) is 0.633. The normalized spacial score (nSPS) is 24.7. The van der Waals surface area contributed by atoms with Gasteiger partial charge in [-0.15, -0.1) is 0 Å². The Morgan fingerprint density at radius 1 is 1.18 bits per heavy atom. The number of carbonyl (C=O) groups is 1. The van der Waals surface area contributed by atoms with Crippen LogP contribution < -0.4 is 15.4 Å². The van der Waals surface area contributed by atoms with Crippen LogP contribution in [0, 0.1) is 11.2 Å². The first-order chi connectivity index (χ1) is 19.1. The van der Waals surface area contributed by atoms with E-state index >= 15 is 4.39 Å². The zero-order valence-corrected chi connectivity index (χ0v) is 23.9. The summed E-state index contributed by atoms with van der Waals surface area (Å²) in [5.74, 6) is 0.572. The summed E-state index contributed by atoms with van der Waals surface area (Å²) in [6.45, 7) is 10.2. The SMILES string of the molecule is CCN(C(=O)c1cc(F)ccc1Oc1cncnc1N1CC2(CCN(CC3(F)CCC(N)CC3)CC2)C1)C(C)C. The molecule has 1 aliphatic carbocycles. The molecule has 2 N–H and O–H groups in total. The van der Waals surface area contributed by atoms with Crippen molar-refractivity contribution in [3.63, 3.8) is 0 Å². The fourth-order valence-electron chi connectivity index (χ4n) is 6.53. The van der Waals surface area contributed by atoms with Gasteiger partial charge in [0.2, 0.25) is 0 Å². The van der Waals surface area contributed by atoms with Gasteiger partial charge in [0.1, 0.15) is 23.6 Å². The zero-order chi connectivity index (χ0) is 28.5. The molecule has 0 unspecified atom stereocenters. The second-order valence-electron chi connectivity index (χ2n) is 12.3. The number of nitrogens with two attached hydrogens (primary N) is 1. The summed E-state index contributed by atoms with van der Waals surface area (Å²) in [6, 6.07) is 4.10. The number of benzene rings is 1. The van der Waals surface area contributed by atoms with Crippen molar-refractivity contribution in [1.82, 2.24) is 19.8 Å². The Hall–Kier alpha value is -2.85. The topological polar surface area (TPSA) is 87.8 Å². The lowest BCUT2D eigenvalue weighted by Crippen LogP contribution is -2.61. The van der Waals surface area contributed by atoms with Gasteiger partial charge in [0.05, 0.1) is 11.8 Å². The summed E-state index contributed by atoms with van der Waals surface area (Å²) in [4.78, 5) is 28.0. The first-order valence-corrected chi connectivity index (χ1v) is 14.6. The third-order valence-corrected chi connectivity index (χ3v) is 8.98. The van der Waals surface area contributed by atoms with E-state index < -0.39 is 11.5 Å². The van der Waals surface area contributed by atoms with Crippen LogP contribution in [0.2, 0.25) is 0 Å². The lowest BCUT2D eigenvalue weighted by molar-refractivity contribution is 0.0117. The monoisotopic (exact) mass is 556 g/mol. The molecule has 2 aliphatic heterocycles. The molecule has 3 fully saturated rings. The van der Waals surface area contributed by atoms with Crippen LogP contribution in [-0.2, 0) is 0 Å². The maximum absolute atomic E-state index is 15.4. The van der Waals surface area contributed by atoms with E-state index in [0.29, 0.717) is 37.5 Å². The van der Waals surface area contributed by atoms with E-state index in [1.807, 2.05) is 20.8 Å². The van der Waals surface area contributed by atoms with Crippen molar-refractivity contribution in [2.45, 2.75) is 77.0 Å². The summed E-state index contributed by atoms with van der Waals surface area (Å²) in [5.41, 5.74) is 5.22. The Bertz CT molecular complexity index is 1190. The second-order valence-corrected chi connectivity index (χ2v) is 12.3. The van der Waals surface area contributed by atoms with E-state index in [1.165, 1.54) is 24.5 Å². The molecule has 8 nitrogen and oxygen atoms in total. The molecule has 1 aromatic heterocycles. The van der Waals surface area contributed by atoms with E-state index in [0.717, 1.165) is 51.9 Å². The molecule has 1 saturated carbocycles. The molecule has 1 spiro atoms. The minimum atomic E-state index is -1.11. The number of nitrogens with zero attached hydrogens (tertiary/aromatic N) is 5. The maximum atomic E-state index is 15.4. The minimum absolute atomic E-state index is 0.0377. The van der Waals surface area contributed by atoms with Crippen LogP contribution in [-0.4, -0.2) is 82.7 Å². The van der Waals surface area contributed by atoms with E-state index in [2.05, 4.69) is 19.8 Å². The molecule has 5 rings (SSSR count). The van der Waals surface area contributed by atoms with E-state index in [9.17, 15) is 9.18 Å². The predicted octanol–water partition coefficient (Wildman–Crippen LogP) is 4.79. The van der Waals surface area contributed by atoms with Gasteiger partial charge in [-0.2, -0.15) is 0 Å². The van der Waals surface area contributed by atoms with Gasteiger partial charge in [-0.1, -0.05) is 0 Å². The lowest BCUT2D eigenvalue weighted by atomic mass is 9.71. The Morgan fingerprint density at radius 3 is 2.52 bits per heavy atom. The van der Waals surface area contributed by atoms with Crippen LogP contribution in [0.4, 0.5) is 14.6 Å². The first-order valence-electron chi connectivity index (χ1n) is 14.6. The van der Waals surface area contributed by atoms with Crippen molar-refractivity contribution in [2.75, 3.05) is 44.2 Å². The molecular weight excluding hydrogens is 514 g/mol. The molecule has 218 valence electrons. The molecule has 2 saturated heterocycles. The van der Waals surface area contributed by atoms with Crippen LogP contribution >= 0.6 is 0 Å². The van der Waals surface area contributed by atoms with E-state index in [4.69, 9.17) is 10.5 Å². The second kappa shape index (κ2) is 11.6. The smallest absolute Gasteiger partial charge is 0.257 e. The lowest BCUT2D eigenvalue weighted by Gasteiger charge is -2.55. The summed E-state index contributed by atoms with van der Waals surface area (Å²) < 4.78 is 35.8. The molecule has 1 aromatic carbocycles.